The van der Waals surface area contributed by atoms with Crippen LogP contribution in [0.4, 0.5) is 4.39 Å². The van der Waals surface area contributed by atoms with Crippen molar-refractivity contribution in [3.8, 4) is 0 Å². The van der Waals surface area contributed by atoms with Crippen molar-refractivity contribution in [2.45, 2.75) is 25.1 Å². The molecular weight excluding hydrogens is 211 g/mol. The summed E-state index contributed by atoms with van der Waals surface area (Å²) < 4.78 is 13.0. The van der Waals surface area contributed by atoms with Crippen molar-refractivity contribution in [3.05, 3.63) is 29.1 Å². The van der Waals surface area contributed by atoms with E-state index in [4.69, 9.17) is 0 Å². The molecule has 2 atom stereocenters. The van der Waals surface area contributed by atoms with E-state index < -0.39 is 6.17 Å². The number of hydrogen-bond donors (Lipinski definition) is 1. The number of aldehydes is 1. The van der Waals surface area contributed by atoms with Crippen molar-refractivity contribution in [3.63, 3.8) is 0 Å². The van der Waals surface area contributed by atoms with E-state index in [1.807, 2.05) is 0 Å². The predicted molar refractivity (Wildman–Crippen MR) is 54.8 cm³/mol. The fraction of sp³-hybridized carbons (Fsp3) is 0.364. The summed E-state index contributed by atoms with van der Waals surface area (Å²) in [5.74, 6) is -0.182. The maximum Gasteiger partial charge on any atom is 0.207 e. The number of carbonyl (C=O) groups excluding carboxylic acids is 2. The van der Waals surface area contributed by atoms with Gasteiger partial charge < -0.3 is 5.32 Å². The van der Waals surface area contributed by atoms with E-state index in [0.29, 0.717) is 35.9 Å². The van der Waals surface area contributed by atoms with Crippen LogP contribution in [0.3, 0.4) is 0 Å². The SMILES string of the molecule is O=CNCc1nccc(C2CC2F)c1C=O. The first kappa shape index (κ1) is 10.7. The first-order valence-electron chi connectivity index (χ1n) is 5.02. The highest BCUT2D eigenvalue weighted by atomic mass is 19.1. The lowest BCUT2D eigenvalue weighted by Crippen LogP contribution is -2.14. The first-order chi connectivity index (χ1) is 7.77. The fourth-order valence-corrected chi connectivity index (χ4v) is 1.76. The number of aromatic nitrogens is 1. The average molecular weight is 222 g/mol. The molecule has 1 saturated carbocycles. The van der Waals surface area contributed by atoms with E-state index in [9.17, 15) is 14.0 Å². The lowest BCUT2D eigenvalue weighted by atomic mass is 10.0. The predicted octanol–water partition coefficient (Wildman–Crippen LogP) is 0.965. The second-order valence-electron chi connectivity index (χ2n) is 3.74. The minimum absolute atomic E-state index is 0.182. The van der Waals surface area contributed by atoms with Crippen LogP contribution in [0.5, 0.6) is 0 Å². The second kappa shape index (κ2) is 4.38. The molecule has 5 heteroatoms. The van der Waals surface area contributed by atoms with E-state index in [-0.39, 0.29) is 12.5 Å². The van der Waals surface area contributed by atoms with Gasteiger partial charge in [0, 0.05) is 17.7 Å². The Kier molecular flexibility index (Phi) is 2.94. The summed E-state index contributed by atoms with van der Waals surface area (Å²) in [6.07, 6.45) is 2.36. The molecule has 1 aromatic heterocycles. The topological polar surface area (TPSA) is 59.1 Å². The number of amides is 1. The molecule has 1 fully saturated rings. The third-order valence-electron chi connectivity index (χ3n) is 2.69. The van der Waals surface area contributed by atoms with Gasteiger partial charge in [0.1, 0.15) is 6.17 Å². The highest BCUT2D eigenvalue weighted by Gasteiger charge is 2.40. The van der Waals surface area contributed by atoms with Crippen LogP contribution in [-0.2, 0) is 11.3 Å². The maximum absolute atomic E-state index is 13.0. The molecular formula is C11H11FN2O2. The quantitative estimate of drug-likeness (QED) is 0.755. The van der Waals surface area contributed by atoms with Gasteiger partial charge in [-0.1, -0.05) is 0 Å². The van der Waals surface area contributed by atoms with Crippen LogP contribution in [0.1, 0.15) is 34.0 Å². The smallest absolute Gasteiger partial charge is 0.207 e. The van der Waals surface area contributed by atoms with Gasteiger partial charge in [0.25, 0.3) is 0 Å². The zero-order chi connectivity index (χ0) is 11.5. The molecule has 0 aromatic carbocycles. The van der Waals surface area contributed by atoms with Crippen molar-refractivity contribution in [1.82, 2.24) is 10.3 Å². The van der Waals surface area contributed by atoms with Gasteiger partial charge in [-0.25, -0.2) is 4.39 Å². The van der Waals surface area contributed by atoms with E-state index in [1.54, 1.807) is 6.07 Å². The van der Waals surface area contributed by atoms with Gasteiger partial charge in [0.15, 0.2) is 6.29 Å². The fourth-order valence-electron chi connectivity index (χ4n) is 1.76. The Morgan fingerprint density at radius 3 is 2.88 bits per heavy atom. The molecule has 1 heterocycles. The van der Waals surface area contributed by atoms with Gasteiger partial charge in [-0.2, -0.15) is 0 Å². The van der Waals surface area contributed by atoms with Gasteiger partial charge >= 0.3 is 0 Å². The summed E-state index contributed by atoms with van der Waals surface area (Å²) in [5, 5.41) is 2.44. The summed E-state index contributed by atoms with van der Waals surface area (Å²) in [7, 11) is 0. The molecule has 1 aliphatic rings. The van der Waals surface area contributed by atoms with E-state index >= 15 is 0 Å². The molecule has 2 unspecified atom stereocenters. The lowest BCUT2D eigenvalue weighted by molar-refractivity contribution is -0.109. The summed E-state index contributed by atoms with van der Waals surface area (Å²) in [4.78, 5) is 25.2. The zero-order valence-corrected chi connectivity index (χ0v) is 8.52. The van der Waals surface area contributed by atoms with Crippen LogP contribution in [0.2, 0.25) is 0 Å². The zero-order valence-electron chi connectivity index (χ0n) is 8.52. The lowest BCUT2D eigenvalue weighted by Gasteiger charge is -2.07. The van der Waals surface area contributed by atoms with Gasteiger partial charge in [-0.05, 0) is 18.1 Å². The van der Waals surface area contributed by atoms with Crippen molar-refractivity contribution >= 4 is 12.7 Å². The summed E-state index contributed by atoms with van der Waals surface area (Å²) >= 11 is 0. The number of hydrogen-bond acceptors (Lipinski definition) is 3. The monoisotopic (exact) mass is 222 g/mol. The van der Waals surface area contributed by atoms with Crippen molar-refractivity contribution in [1.29, 1.82) is 0 Å². The number of rotatable bonds is 5. The van der Waals surface area contributed by atoms with Crippen LogP contribution in [0, 0.1) is 0 Å². The molecule has 1 aromatic rings. The molecule has 1 amide bonds. The molecule has 0 saturated heterocycles. The normalized spacial score (nSPS) is 22.6. The Morgan fingerprint density at radius 1 is 1.56 bits per heavy atom. The molecule has 2 rings (SSSR count). The van der Waals surface area contributed by atoms with E-state index in [0.717, 1.165) is 0 Å². The van der Waals surface area contributed by atoms with Crippen LogP contribution < -0.4 is 5.32 Å². The van der Waals surface area contributed by atoms with Gasteiger partial charge in [-0.15, -0.1) is 0 Å². The Bertz CT molecular complexity index is 422. The highest BCUT2D eigenvalue weighted by molar-refractivity contribution is 5.79. The number of halogens is 1. The maximum atomic E-state index is 13.0. The molecule has 16 heavy (non-hydrogen) atoms. The van der Waals surface area contributed by atoms with Crippen molar-refractivity contribution in [2.24, 2.45) is 0 Å². The first-order valence-corrected chi connectivity index (χ1v) is 5.02. The summed E-state index contributed by atoms with van der Waals surface area (Å²) in [5.41, 5.74) is 1.58. The number of nitrogens with zero attached hydrogens (tertiary/aromatic N) is 1. The van der Waals surface area contributed by atoms with Crippen LogP contribution in [0.15, 0.2) is 12.3 Å². The Balaban J connectivity index is 2.30. The molecule has 84 valence electrons. The summed E-state index contributed by atoms with van der Waals surface area (Å²) in [6, 6.07) is 1.67. The highest BCUT2D eigenvalue weighted by Crippen LogP contribution is 2.44. The number of nitrogens with one attached hydrogen (secondary N) is 1. The average Bonchev–Trinajstić information content (AvgIpc) is 3.03. The Labute approximate surface area is 91.9 Å². The van der Waals surface area contributed by atoms with Crippen molar-refractivity contribution < 1.29 is 14.0 Å². The number of pyridine rings is 1. The summed E-state index contributed by atoms with van der Waals surface area (Å²) in [6.45, 7) is 0.190. The van der Waals surface area contributed by atoms with Crippen LogP contribution in [-0.4, -0.2) is 23.9 Å². The third kappa shape index (κ3) is 1.93. The largest absolute Gasteiger partial charge is 0.353 e. The van der Waals surface area contributed by atoms with Crippen LogP contribution in [0.25, 0.3) is 0 Å². The molecule has 0 radical (unpaired) electrons. The van der Waals surface area contributed by atoms with E-state index in [2.05, 4.69) is 10.3 Å². The molecule has 1 aliphatic carbocycles. The molecule has 1 N–H and O–H groups in total. The van der Waals surface area contributed by atoms with Gasteiger partial charge in [0.2, 0.25) is 6.41 Å². The van der Waals surface area contributed by atoms with Gasteiger partial charge in [0.05, 0.1) is 12.2 Å². The Hall–Kier alpha value is -1.78. The number of carbonyl (C=O) groups is 2. The molecule has 4 nitrogen and oxygen atoms in total. The third-order valence-corrected chi connectivity index (χ3v) is 2.69. The molecule has 0 bridgehead atoms. The van der Waals surface area contributed by atoms with Crippen LogP contribution >= 0.6 is 0 Å². The minimum atomic E-state index is -0.854. The van der Waals surface area contributed by atoms with Crippen molar-refractivity contribution in [2.75, 3.05) is 0 Å². The standard InChI is InChI=1S/C11H11FN2O2/c12-10-3-8(10)7-1-2-14-11(4-13-6-16)9(7)5-15/h1-2,5-6,8,10H,3-4H2,(H,13,16). The second-order valence-corrected chi connectivity index (χ2v) is 3.74. The Morgan fingerprint density at radius 2 is 2.31 bits per heavy atom. The van der Waals surface area contributed by atoms with E-state index in [1.165, 1.54) is 6.20 Å². The van der Waals surface area contributed by atoms with Gasteiger partial charge in [-0.3, -0.25) is 14.6 Å². The molecule has 0 aliphatic heterocycles. The number of alkyl halides is 1. The minimum Gasteiger partial charge on any atom is -0.353 e. The molecule has 0 spiro atoms.